The van der Waals surface area contributed by atoms with E-state index in [1.165, 1.54) is 0 Å². The number of rotatable bonds is 2. The summed E-state index contributed by atoms with van der Waals surface area (Å²) in [6.07, 6.45) is 2.37. The van der Waals surface area contributed by atoms with E-state index in [0.29, 0.717) is 0 Å². The lowest BCUT2D eigenvalue weighted by atomic mass is 10.1. The van der Waals surface area contributed by atoms with Gasteiger partial charge in [0.05, 0.1) is 0 Å². The predicted octanol–water partition coefficient (Wildman–Crippen LogP) is 3.32. The number of carbonyl (C=O) groups excluding carboxylic acids is 1. The zero-order valence-corrected chi connectivity index (χ0v) is 8.45. The third kappa shape index (κ3) is 4.26. The first kappa shape index (κ1) is 11.6. The number of hydrogen-bond donors (Lipinski definition) is 0. The molecule has 0 unspecified atom stereocenters. The van der Waals surface area contributed by atoms with E-state index in [-0.39, 0.29) is 0 Å². The normalized spacial score (nSPS) is 9.92. The second-order valence-electron chi connectivity index (χ2n) is 2.35. The molecule has 13 heavy (non-hydrogen) atoms. The number of allylic oxidation sites excluding steroid dienone is 2. The van der Waals surface area contributed by atoms with Crippen LogP contribution in [0.3, 0.4) is 0 Å². The molecule has 1 rings (SSSR count). The van der Waals surface area contributed by atoms with Crippen LogP contribution in [-0.2, 0) is 4.79 Å². The molecule has 0 atom stereocenters. The Kier molecular flexibility index (Phi) is 6.52. The van der Waals surface area contributed by atoms with Crippen molar-refractivity contribution in [1.29, 1.82) is 0 Å². The zero-order valence-electron chi connectivity index (χ0n) is 8.45. The van der Waals surface area contributed by atoms with Crippen LogP contribution in [0.4, 0.5) is 0 Å². The van der Waals surface area contributed by atoms with Crippen LogP contribution in [-0.4, -0.2) is 6.29 Å². The maximum atomic E-state index is 10.1. The van der Waals surface area contributed by atoms with Gasteiger partial charge in [-0.15, -0.1) is 0 Å². The molecule has 1 aromatic carbocycles. The summed E-state index contributed by atoms with van der Waals surface area (Å²) in [6.45, 7) is 5.92. The van der Waals surface area contributed by atoms with E-state index in [0.717, 1.165) is 17.4 Å². The largest absolute Gasteiger partial charge is 0.299 e. The number of aldehydes is 1. The van der Waals surface area contributed by atoms with Gasteiger partial charge in [0, 0.05) is 0 Å². The van der Waals surface area contributed by atoms with Gasteiger partial charge in [0.15, 0.2) is 0 Å². The Morgan fingerprint density at radius 2 is 1.69 bits per heavy atom. The van der Waals surface area contributed by atoms with Gasteiger partial charge in [-0.25, -0.2) is 0 Å². The van der Waals surface area contributed by atoms with Crippen LogP contribution in [0.25, 0.3) is 5.57 Å². The molecule has 0 aliphatic heterocycles. The van der Waals surface area contributed by atoms with E-state index < -0.39 is 0 Å². The molecular formula is C12H16O. The van der Waals surface area contributed by atoms with Gasteiger partial charge in [-0.05, 0) is 24.1 Å². The van der Waals surface area contributed by atoms with Gasteiger partial charge < -0.3 is 0 Å². The van der Waals surface area contributed by atoms with Crippen LogP contribution in [0.2, 0.25) is 0 Å². The fourth-order valence-electron chi connectivity index (χ4n) is 0.899. The summed E-state index contributed by atoms with van der Waals surface area (Å²) < 4.78 is 0. The minimum absolute atomic E-state index is 0.808. The highest BCUT2D eigenvalue weighted by Crippen LogP contribution is 2.10. The van der Waals surface area contributed by atoms with Gasteiger partial charge in [-0.2, -0.15) is 0 Å². The summed E-state index contributed by atoms with van der Waals surface area (Å²) in [5.74, 6) is 0. The summed E-state index contributed by atoms with van der Waals surface area (Å²) in [4.78, 5) is 10.1. The number of hydrogen-bond acceptors (Lipinski definition) is 1. The number of benzene rings is 1. The highest BCUT2D eigenvalue weighted by molar-refractivity contribution is 5.80. The Bertz CT molecular complexity index is 260. The Morgan fingerprint density at radius 1 is 1.15 bits per heavy atom. The van der Waals surface area contributed by atoms with Crippen LogP contribution in [0.15, 0.2) is 36.4 Å². The van der Waals surface area contributed by atoms with E-state index in [9.17, 15) is 4.79 Å². The maximum absolute atomic E-state index is 10.1. The van der Waals surface area contributed by atoms with E-state index in [1.54, 1.807) is 6.08 Å². The monoisotopic (exact) mass is 176 g/mol. The molecule has 0 saturated carbocycles. The molecule has 0 aliphatic rings. The van der Waals surface area contributed by atoms with E-state index in [2.05, 4.69) is 0 Å². The van der Waals surface area contributed by atoms with Crippen molar-refractivity contribution in [1.82, 2.24) is 0 Å². The van der Waals surface area contributed by atoms with Gasteiger partial charge in [-0.3, -0.25) is 4.79 Å². The second-order valence-corrected chi connectivity index (χ2v) is 2.35. The summed E-state index contributed by atoms with van der Waals surface area (Å²) in [5, 5.41) is 0. The van der Waals surface area contributed by atoms with Gasteiger partial charge in [-0.1, -0.05) is 44.2 Å². The fraction of sp³-hybridized carbons (Fsp3) is 0.250. The third-order valence-electron chi connectivity index (χ3n) is 1.55. The quantitative estimate of drug-likeness (QED) is 0.499. The first-order valence-corrected chi connectivity index (χ1v) is 4.52. The van der Waals surface area contributed by atoms with Gasteiger partial charge in [0.1, 0.15) is 6.29 Å². The minimum Gasteiger partial charge on any atom is -0.299 e. The lowest BCUT2D eigenvalue weighted by Gasteiger charge is -1.96. The predicted molar refractivity (Wildman–Crippen MR) is 57.5 cm³/mol. The summed E-state index contributed by atoms with van der Waals surface area (Å²) in [5.41, 5.74) is 2.10. The molecule has 0 spiro atoms. The molecule has 1 heteroatoms. The molecule has 0 radical (unpaired) electrons. The molecule has 1 nitrogen and oxygen atoms in total. The molecular weight excluding hydrogens is 160 g/mol. The first-order valence-electron chi connectivity index (χ1n) is 4.52. The van der Waals surface area contributed by atoms with Crippen molar-refractivity contribution in [2.45, 2.75) is 20.8 Å². The molecule has 0 saturated heterocycles. The van der Waals surface area contributed by atoms with Crippen molar-refractivity contribution >= 4 is 11.9 Å². The SMILES string of the molecule is C/C(=C/C=O)c1ccccc1.CC. The third-order valence-corrected chi connectivity index (χ3v) is 1.55. The molecule has 0 N–H and O–H groups in total. The van der Waals surface area contributed by atoms with Crippen molar-refractivity contribution in [2.75, 3.05) is 0 Å². The van der Waals surface area contributed by atoms with Crippen molar-refractivity contribution in [3.8, 4) is 0 Å². The molecule has 0 amide bonds. The van der Waals surface area contributed by atoms with E-state index in [4.69, 9.17) is 0 Å². The Labute approximate surface area is 80.1 Å². The number of carbonyl (C=O) groups is 1. The molecule has 0 bridgehead atoms. The lowest BCUT2D eigenvalue weighted by molar-refractivity contribution is -0.104. The van der Waals surface area contributed by atoms with Crippen LogP contribution < -0.4 is 0 Å². The average molecular weight is 176 g/mol. The van der Waals surface area contributed by atoms with Crippen molar-refractivity contribution < 1.29 is 4.79 Å². The van der Waals surface area contributed by atoms with Crippen LogP contribution in [0.1, 0.15) is 26.3 Å². The summed E-state index contributed by atoms with van der Waals surface area (Å²) in [6, 6.07) is 9.83. The van der Waals surface area contributed by atoms with Crippen LogP contribution in [0, 0.1) is 0 Å². The smallest absolute Gasteiger partial charge is 0.143 e. The summed E-state index contributed by atoms with van der Waals surface area (Å²) in [7, 11) is 0. The lowest BCUT2D eigenvalue weighted by Crippen LogP contribution is -1.77. The van der Waals surface area contributed by atoms with Gasteiger partial charge >= 0.3 is 0 Å². The second kappa shape index (κ2) is 7.29. The average Bonchev–Trinajstić information content (AvgIpc) is 2.23. The highest BCUT2D eigenvalue weighted by Gasteiger charge is 1.90. The first-order chi connectivity index (χ1) is 6.34. The van der Waals surface area contributed by atoms with Gasteiger partial charge in [0.2, 0.25) is 0 Å². The molecule has 0 fully saturated rings. The Hall–Kier alpha value is -1.37. The molecule has 70 valence electrons. The molecule has 0 aliphatic carbocycles. The Balaban J connectivity index is 0.000000671. The van der Waals surface area contributed by atoms with Crippen molar-refractivity contribution in [3.63, 3.8) is 0 Å². The minimum atomic E-state index is 0.808. The zero-order chi connectivity index (χ0) is 10.1. The maximum Gasteiger partial charge on any atom is 0.143 e. The van der Waals surface area contributed by atoms with Crippen LogP contribution >= 0.6 is 0 Å². The molecule has 1 aromatic rings. The van der Waals surface area contributed by atoms with Crippen molar-refractivity contribution in [2.24, 2.45) is 0 Å². The highest BCUT2D eigenvalue weighted by atomic mass is 16.1. The summed E-state index contributed by atoms with van der Waals surface area (Å²) >= 11 is 0. The fourth-order valence-corrected chi connectivity index (χ4v) is 0.899. The molecule has 0 heterocycles. The van der Waals surface area contributed by atoms with Crippen LogP contribution in [0.5, 0.6) is 0 Å². The molecule has 0 aromatic heterocycles. The Morgan fingerprint density at radius 3 is 2.15 bits per heavy atom. The standard InChI is InChI=1S/C10H10O.C2H6/c1-9(7-8-11)10-5-3-2-4-6-10;1-2/h2-8H,1H3;1-2H3/b9-7-;. The van der Waals surface area contributed by atoms with E-state index in [1.807, 2.05) is 51.1 Å². The topological polar surface area (TPSA) is 17.1 Å². The van der Waals surface area contributed by atoms with Gasteiger partial charge in [0.25, 0.3) is 0 Å². The van der Waals surface area contributed by atoms with E-state index >= 15 is 0 Å². The van der Waals surface area contributed by atoms with Crippen molar-refractivity contribution in [3.05, 3.63) is 42.0 Å².